The summed E-state index contributed by atoms with van der Waals surface area (Å²) in [5, 5.41) is 0. The number of nitrogens with zero attached hydrogens (tertiary/aromatic N) is 2. The van der Waals surface area contributed by atoms with Gasteiger partial charge in [0, 0.05) is 30.1 Å². The Hall–Kier alpha value is -1.19. The van der Waals surface area contributed by atoms with Crippen LogP contribution in [0.5, 0.6) is 0 Å². The molecule has 0 N–H and O–H groups in total. The molecule has 1 aromatic heterocycles. The van der Waals surface area contributed by atoms with Crippen LogP contribution in [0.3, 0.4) is 0 Å². The summed E-state index contributed by atoms with van der Waals surface area (Å²) in [5.41, 5.74) is 0.0307. The van der Waals surface area contributed by atoms with Crippen molar-refractivity contribution in [2.24, 2.45) is 5.41 Å². The molecule has 9 heteroatoms. The van der Waals surface area contributed by atoms with Crippen molar-refractivity contribution in [2.45, 2.75) is 26.1 Å². The van der Waals surface area contributed by atoms with E-state index in [2.05, 4.69) is 4.98 Å². The molecule has 2 saturated heterocycles. The average Bonchev–Trinajstić information content (AvgIpc) is 2.87. The molecule has 4 nitrogen and oxygen atoms in total. The third-order valence-electron chi connectivity index (χ3n) is 4.53. The van der Waals surface area contributed by atoms with E-state index in [1.54, 1.807) is 22.4 Å². The van der Waals surface area contributed by atoms with Gasteiger partial charge < -0.3 is 13.9 Å². The molecule has 3 heterocycles. The second-order valence-electron chi connectivity index (χ2n) is 7.40. The van der Waals surface area contributed by atoms with Gasteiger partial charge in [-0.15, -0.1) is 0 Å². The number of hydrogen-bond donors (Lipinski definition) is 0. The van der Waals surface area contributed by atoms with Crippen LogP contribution < -0.4 is 5.46 Å². The predicted octanol–water partition coefficient (Wildman–Crippen LogP) is 3.11. The normalized spacial score (nSPS) is 21.6. The van der Waals surface area contributed by atoms with Crippen molar-refractivity contribution in [3.8, 4) is 0 Å². The zero-order valence-corrected chi connectivity index (χ0v) is 14.8. The highest BCUT2D eigenvalue weighted by atomic mass is 32.2. The number of thioether (sulfide) groups is 1. The summed E-state index contributed by atoms with van der Waals surface area (Å²) in [6.45, 7) is 4.85. The Kier molecular flexibility index (Phi) is 4.08. The second-order valence-corrected chi connectivity index (χ2v) is 8.47. The Morgan fingerprint density at radius 1 is 1.24 bits per heavy atom. The highest BCUT2D eigenvalue weighted by Crippen LogP contribution is 2.38. The number of alkyl halides is 3. The molecule has 0 aliphatic carbocycles. The number of imidazole rings is 1. The molecule has 2 aliphatic heterocycles. The Bertz CT molecular complexity index is 795. The highest BCUT2D eigenvalue weighted by Gasteiger charge is 2.39. The third-order valence-corrected chi connectivity index (χ3v) is 5.77. The lowest BCUT2D eigenvalue weighted by Crippen LogP contribution is -2.47. The largest absolute Gasteiger partial charge is 0.493 e. The van der Waals surface area contributed by atoms with Crippen LogP contribution in [0.2, 0.25) is 0 Å². The van der Waals surface area contributed by atoms with Gasteiger partial charge in [0.1, 0.15) is 0 Å². The van der Waals surface area contributed by atoms with Gasteiger partial charge in [-0.05, 0) is 17.6 Å². The van der Waals surface area contributed by atoms with E-state index in [-0.39, 0.29) is 17.0 Å². The fourth-order valence-electron chi connectivity index (χ4n) is 3.09. The van der Waals surface area contributed by atoms with E-state index in [9.17, 15) is 13.2 Å². The van der Waals surface area contributed by atoms with Crippen LogP contribution in [-0.2, 0) is 15.5 Å². The third kappa shape index (κ3) is 3.17. The van der Waals surface area contributed by atoms with Crippen LogP contribution in [0.15, 0.2) is 18.5 Å². The molecule has 0 radical (unpaired) electrons. The van der Waals surface area contributed by atoms with Gasteiger partial charge in [0.25, 0.3) is 0 Å². The minimum absolute atomic E-state index is 0.0740. The monoisotopic (exact) mass is 370 g/mol. The van der Waals surface area contributed by atoms with E-state index in [0.29, 0.717) is 24.2 Å². The summed E-state index contributed by atoms with van der Waals surface area (Å²) in [6.07, 6.45) is -2.95. The Morgan fingerprint density at radius 3 is 2.48 bits per heavy atom. The van der Waals surface area contributed by atoms with E-state index in [4.69, 9.17) is 9.31 Å². The first-order valence-electron chi connectivity index (χ1n) is 8.13. The molecule has 0 spiro atoms. The summed E-state index contributed by atoms with van der Waals surface area (Å²) in [7, 11) is -0.789. The van der Waals surface area contributed by atoms with Gasteiger partial charge in [-0.3, -0.25) is 0 Å². The lowest BCUT2D eigenvalue weighted by Gasteiger charge is -2.33. The van der Waals surface area contributed by atoms with Gasteiger partial charge in [0.2, 0.25) is 0 Å². The molecule has 0 bridgehead atoms. The topological polar surface area (TPSA) is 36.3 Å². The molecule has 4 rings (SSSR count). The first-order valence-corrected chi connectivity index (χ1v) is 9.29. The maximum absolute atomic E-state index is 13.7. The van der Waals surface area contributed by atoms with Crippen molar-refractivity contribution in [1.82, 2.24) is 9.55 Å². The van der Waals surface area contributed by atoms with E-state index in [1.165, 1.54) is 6.33 Å². The molecule has 1 aromatic carbocycles. The first-order chi connectivity index (χ1) is 11.7. The van der Waals surface area contributed by atoms with Crippen LogP contribution >= 0.6 is 11.8 Å². The standard InChI is InChI=1S/C16H18BF3N2O2S/c1-15(2)7-23-17(24-8-15)10-3-12(16(18,19)20)14-13(4-10)21-9-22(14)11-5-25-6-11/h3-4,9,11H,5-8H2,1-2H3. The van der Waals surface area contributed by atoms with Crippen molar-refractivity contribution in [2.75, 3.05) is 24.7 Å². The van der Waals surface area contributed by atoms with Crippen LogP contribution in [0.25, 0.3) is 11.0 Å². The minimum Gasteiger partial charge on any atom is -0.407 e. The zero-order chi connectivity index (χ0) is 17.8. The predicted molar refractivity (Wildman–Crippen MR) is 92.2 cm³/mol. The maximum atomic E-state index is 13.7. The van der Waals surface area contributed by atoms with E-state index in [1.807, 2.05) is 13.8 Å². The van der Waals surface area contributed by atoms with Crippen LogP contribution in [0.4, 0.5) is 13.2 Å². The maximum Gasteiger partial charge on any atom is 0.493 e. The van der Waals surface area contributed by atoms with Gasteiger partial charge in [-0.1, -0.05) is 13.8 Å². The van der Waals surface area contributed by atoms with Crippen LogP contribution in [-0.4, -0.2) is 41.4 Å². The molecule has 134 valence electrons. The smallest absolute Gasteiger partial charge is 0.407 e. The summed E-state index contributed by atoms with van der Waals surface area (Å²) in [4.78, 5) is 4.22. The fourth-order valence-corrected chi connectivity index (χ4v) is 3.86. The molecule has 2 aromatic rings. The van der Waals surface area contributed by atoms with Crippen molar-refractivity contribution in [1.29, 1.82) is 0 Å². The van der Waals surface area contributed by atoms with Crippen molar-refractivity contribution in [3.63, 3.8) is 0 Å². The first kappa shape index (κ1) is 17.2. The quantitative estimate of drug-likeness (QED) is 0.762. The molecule has 2 fully saturated rings. The average molecular weight is 370 g/mol. The lowest BCUT2D eigenvalue weighted by atomic mass is 9.75. The van der Waals surface area contributed by atoms with Gasteiger partial charge >= 0.3 is 13.3 Å². The van der Waals surface area contributed by atoms with E-state index < -0.39 is 18.9 Å². The molecule has 0 atom stereocenters. The number of benzene rings is 1. The molecular weight excluding hydrogens is 352 g/mol. The van der Waals surface area contributed by atoms with E-state index >= 15 is 0 Å². The molecule has 0 saturated carbocycles. The Balaban J connectivity index is 1.77. The minimum atomic E-state index is -4.46. The number of fused-ring (bicyclic) bond motifs is 1. The van der Waals surface area contributed by atoms with Crippen LogP contribution in [0.1, 0.15) is 25.5 Å². The molecular formula is C16H18BF3N2O2S. The van der Waals surface area contributed by atoms with Gasteiger partial charge in [0.15, 0.2) is 0 Å². The summed E-state index contributed by atoms with van der Waals surface area (Å²) in [5.74, 6) is 1.63. The molecule has 0 amide bonds. The Labute approximate surface area is 148 Å². The number of hydrogen-bond acceptors (Lipinski definition) is 4. The van der Waals surface area contributed by atoms with Crippen molar-refractivity contribution < 1.29 is 22.5 Å². The fraction of sp³-hybridized carbons (Fsp3) is 0.562. The summed E-state index contributed by atoms with van der Waals surface area (Å²) >= 11 is 1.72. The van der Waals surface area contributed by atoms with Crippen molar-refractivity contribution >= 4 is 35.4 Å². The lowest BCUT2D eigenvalue weighted by molar-refractivity contribution is -0.136. The highest BCUT2D eigenvalue weighted by molar-refractivity contribution is 8.00. The molecule has 2 aliphatic rings. The van der Waals surface area contributed by atoms with Gasteiger partial charge in [-0.25, -0.2) is 4.98 Å². The van der Waals surface area contributed by atoms with Crippen molar-refractivity contribution in [3.05, 3.63) is 24.0 Å². The SMILES string of the molecule is CC1(C)COB(c2cc(C(F)(F)F)c3c(c2)ncn3C2CSC2)OC1. The number of halogens is 3. The number of rotatable bonds is 2. The summed E-state index contributed by atoms with van der Waals surface area (Å²) in [6, 6.07) is 2.87. The summed E-state index contributed by atoms with van der Waals surface area (Å²) < 4.78 is 54.1. The molecule has 0 unspecified atom stereocenters. The molecule has 25 heavy (non-hydrogen) atoms. The van der Waals surface area contributed by atoms with Gasteiger partial charge in [-0.2, -0.15) is 24.9 Å². The van der Waals surface area contributed by atoms with Crippen LogP contribution in [0, 0.1) is 5.41 Å². The number of aromatic nitrogens is 2. The Morgan fingerprint density at radius 2 is 1.92 bits per heavy atom. The van der Waals surface area contributed by atoms with Gasteiger partial charge in [0.05, 0.1) is 29.0 Å². The second kappa shape index (κ2) is 5.92. The zero-order valence-electron chi connectivity index (χ0n) is 14.0. The van der Waals surface area contributed by atoms with E-state index in [0.717, 1.165) is 17.6 Å².